The second-order valence-corrected chi connectivity index (χ2v) is 12.8. The summed E-state index contributed by atoms with van der Waals surface area (Å²) in [7, 11) is 2.06. The van der Waals surface area contributed by atoms with Crippen LogP contribution >= 0.6 is 0 Å². The molecule has 2 aromatic carbocycles. The van der Waals surface area contributed by atoms with Crippen LogP contribution in [0.1, 0.15) is 66.2 Å². The summed E-state index contributed by atoms with van der Waals surface area (Å²) in [6, 6.07) is 12.0. The van der Waals surface area contributed by atoms with Crippen LogP contribution in [0.2, 0.25) is 0 Å². The Kier molecular flexibility index (Phi) is 11.0. The highest BCUT2D eigenvalue weighted by atomic mass is 19.1. The van der Waals surface area contributed by atoms with Crippen molar-refractivity contribution in [1.82, 2.24) is 20.3 Å². The molecule has 2 atom stereocenters. The molecule has 2 aliphatic rings. The molecule has 5 rings (SSSR count). The van der Waals surface area contributed by atoms with E-state index in [9.17, 15) is 24.2 Å². The van der Waals surface area contributed by atoms with Crippen molar-refractivity contribution in [2.24, 2.45) is 0 Å². The molecular weight excluding hydrogens is 601 g/mol. The predicted octanol–water partition coefficient (Wildman–Crippen LogP) is 4.58. The summed E-state index contributed by atoms with van der Waals surface area (Å²) >= 11 is 0. The van der Waals surface area contributed by atoms with Crippen LogP contribution in [0.4, 0.5) is 14.9 Å². The third kappa shape index (κ3) is 8.81. The molecule has 0 bridgehead atoms. The highest BCUT2D eigenvalue weighted by molar-refractivity contribution is 5.89. The summed E-state index contributed by atoms with van der Waals surface area (Å²) < 4.78 is 14.1. The molecule has 1 aliphatic carbocycles. The average molecular weight is 646 g/mol. The number of aliphatic hydroxyl groups is 2. The lowest BCUT2D eigenvalue weighted by molar-refractivity contribution is -0.139. The van der Waals surface area contributed by atoms with Crippen LogP contribution < -0.4 is 10.7 Å². The number of carboxylic acids is 1. The van der Waals surface area contributed by atoms with Gasteiger partial charge >= 0.3 is 12.0 Å². The number of aliphatic carboxylic acids is 1. The van der Waals surface area contributed by atoms with Crippen molar-refractivity contribution >= 4 is 23.8 Å². The van der Waals surface area contributed by atoms with Crippen molar-refractivity contribution in [3.05, 3.63) is 88.0 Å². The number of benzene rings is 2. The lowest BCUT2D eigenvalue weighted by atomic mass is 9.86. The Hall–Kier alpha value is -4.16. The van der Waals surface area contributed by atoms with Gasteiger partial charge in [-0.15, -0.1) is 0 Å². The largest absolute Gasteiger partial charge is 0.481 e. The predicted molar refractivity (Wildman–Crippen MR) is 180 cm³/mol. The number of carbonyl (C=O) groups is 2. The van der Waals surface area contributed by atoms with E-state index in [0.717, 1.165) is 77.4 Å². The summed E-state index contributed by atoms with van der Waals surface area (Å²) in [5, 5.41) is 34.7. The molecule has 3 aromatic rings. The van der Waals surface area contributed by atoms with Crippen LogP contribution in [0.25, 0.3) is 17.2 Å². The van der Waals surface area contributed by atoms with Crippen molar-refractivity contribution in [3.63, 3.8) is 0 Å². The molecule has 0 saturated carbocycles. The smallest absolute Gasteiger partial charge is 0.333 e. The van der Waals surface area contributed by atoms with Crippen LogP contribution in [0, 0.1) is 5.82 Å². The number of nitrogens with one attached hydrogen (secondary N) is 2. The molecule has 47 heavy (non-hydrogen) atoms. The number of fused-ring (bicyclic) bond motifs is 2. The monoisotopic (exact) mass is 645 g/mol. The van der Waals surface area contributed by atoms with Crippen LogP contribution in [0.3, 0.4) is 0 Å². The number of piperazine rings is 1. The molecule has 0 spiro atoms. The molecule has 2 unspecified atom stereocenters. The van der Waals surface area contributed by atoms with Gasteiger partial charge in [0.1, 0.15) is 5.82 Å². The highest BCUT2D eigenvalue weighted by Crippen LogP contribution is 2.39. The zero-order valence-electron chi connectivity index (χ0n) is 27.2. The van der Waals surface area contributed by atoms with Crippen molar-refractivity contribution in [2.75, 3.05) is 38.5 Å². The van der Waals surface area contributed by atoms with Crippen molar-refractivity contribution in [3.8, 4) is 11.1 Å². The van der Waals surface area contributed by atoms with Crippen LogP contribution in [0.15, 0.2) is 48.5 Å². The summed E-state index contributed by atoms with van der Waals surface area (Å²) in [6.07, 6.45) is 2.45. The number of carbonyl (C=O) groups excluding carboxylic acids is 1. The number of likely N-dealkylation sites (N-methyl/N-ethyl adjacent to an activating group) is 1. The minimum absolute atomic E-state index is 0.0224. The fraction of sp³-hybridized carbons (Fsp3) is 0.417. The van der Waals surface area contributed by atoms with E-state index in [2.05, 4.69) is 22.7 Å². The van der Waals surface area contributed by atoms with Gasteiger partial charge in [-0.05, 0) is 77.9 Å². The number of rotatable bonds is 10. The molecule has 10 nitrogen and oxygen atoms in total. The third-order valence-corrected chi connectivity index (χ3v) is 8.76. The number of pyridine rings is 1. The van der Waals surface area contributed by atoms with E-state index in [-0.39, 0.29) is 24.2 Å². The number of urea groups is 1. The van der Waals surface area contributed by atoms with E-state index in [1.54, 1.807) is 24.3 Å². The van der Waals surface area contributed by atoms with Crippen molar-refractivity contribution < 1.29 is 29.3 Å². The standard InChI is InChI=1S/C36H44FN5O5/c1-22(2)35-30(12-11-28(43)20-29(44)21-33(45)46)34(24-4-8-26(37)9-5-24)31-19-25-18-27(10-6-23(25)7-13-32(31)39-35)38-36(47)40-42-16-14-41(3)15-17-42/h4-6,8-12,18,22,28-29,43-44H,7,13-17,19-21H2,1-3H3,(H,45,46)(H2,38,40,47). The lowest BCUT2D eigenvalue weighted by Gasteiger charge is -2.32. The molecule has 2 heterocycles. The van der Waals surface area contributed by atoms with E-state index in [0.29, 0.717) is 18.5 Å². The van der Waals surface area contributed by atoms with Gasteiger partial charge in [-0.3, -0.25) is 15.2 Å². The Morgan fingerprint density at radius 2 is 1.74 bits per heavy atom. The van der Waals surface area contributed by atoms with Crippen molar-refractivity contribution in [2.45, 2.75) is 64.1 Å². The average Bonchev–Trinajstić information content (AvgIpc) is 3.19. The quantitative estimate of drug-likeness (QED) is 0.216. The molecule has 250 valence electrons. The van der Waals surface area contributed by atoms with Crippen LogP contribution in [-0.2, 0) is 24.1 Å². The highest BCUT2D eigenvalue weighted by Gasteiger charge is 2.25. The van der Waals surface area contributed by atoms with E-state index in [1.165, 1.54) is 12.1 Å². The van der Waals surface area contributed by atoms with E-state index >= 15 is 0 Å². The number of halogens is 1. The number of anilines is 1. The molecule has 0 radical (unpaired) electrons. The van der Waals surface area contributed by atoms with Gasteiger partial charge in [-0.2, -0.15) is 0 Å². The fourth-order valence-electron chi connectivity index (χ4n) is 6.29. The first-order valence-electron chi connectivity index (χ1n) is 16.2. The number of carboxylic acid groups (broad SMARTS) is 1. The van der Waals surface area contributed by atoms with E-state index in [1.807, 2.05) is 37.1 Å². The number of aromatic nitrogens is 1. The van der Waals surface area contributed by atoms with Gasteiger partial charge in [0, 0.05) is 56.0 Å². The third-order valence-electron chi connectivity index (χ3n) is 8.76. The maximum atomic E-state index is 14.1. The number of hydrogen-bond donors (Lipinski definition) is 5. The maximum absolute atomic E-state index is 14.1. The van der Waals surface area contributed by atoms with Gasteiger partial charge in [-0.25, -0.2) is 14.2 Å². The summed E-state index contributed by atoms with van der Waals surface area (Å²) in [5.41, 5.74) is 11.0. The molecule has 1 aliphatic heterocycles. The molecular formula is C36H44FN5O5. The SMILES string of the molecule is CC(C)c1nc2c(c(-c3ccc(F)cc3)c1C=CC(O)CC(O)CC(=O)O)Cc1cc(NC(=O)NN3CCN(C)CC3)ccc1CC2. The Morgan fingerprint density at radius 1 is 1.02 bits per heavy atom. The number of hydrogen-bond acceptors (Lipinski definition) is 7. The Bertz CT molecular complexity index is 1620. The minimum atomic E-state index is -1.19. The first kappa shape index (κ1) is 34.2. The summed E-state index contributed by atoms with van der Waals surface area (Å²) in [6.45, 7) is 7.35. The molecule has 2 amide bonds. The fourth-order valence-corrected chi connectivity index (χ4v) is 6.29. The van der Waals surface area contributed by atoms with Gasteiger partial charge in [0.25, 0.3) is 0 Å². The van der Waals surface area contributed by atoms with Gasteiger partial charge in [0.2, 0.25) is 0 Å². The minimum Gasteiger partial charge on any atom is -0.481 e. The summed E-state index contributed by atoms with van der Waals surface area (Å²) in [4.78, 5) is 31.2. The van der Waals surface area contributed by atoms with Gasteiger partial charge < -0.3 is 25.5 Å². The zero-order chi connectivity index (χ0) is 33.7. The number of aliphatic hydroxyl groups excluding tert-OH is 2. The van der Waals surface area contributed by atoms with Crippen LogP contribution in [-0.4, -0.2) is 87.6 Å². The Labute approximate surface area is 274 Å². The molecule has 1 saturated heterocycles. The second-order valence-electron chi connectivity index (χ2n) is 12.8. The number of aryl methyl sites for hydroxylation is 2. The molecule has 11 heteroatoms. The van der Waals surface area contributed by atoms with Gasteiger partial charge in [-0.1, -0.05) is 44.2 Å². The maximum Gasteiger partial charge on any atom is 0.333 e. The summed E-state index contributed by atoms with van der Waals surface area (Å²) in [5.74, 6) is -1.47. The first-order valence-corrected chi connectivity index (χ1v) is 16.2. The second kappa shape index (κ2) is 15.2. The number of amides is 2. The zero-order valence-corrected chi connectivity index (χ0v) is 27.2. The van der Waals surface area contributed by atoms with E-state index < -0.39 is 24.6 Å². The van der Waals surface area contributed by atoms with Gasteiger partial charge in [0.15, 0.2) is 0 Å². The van der Waals surface area contributed by atoms with E-state index in [4.69, 9.17) is 10.1 Å². The van der Waals surface area contributed by atoms with Gasteiger partial charge in [0.05, 0.1) is 24.3 Å². The topological polar surface area (TPSA) is 138 Å². The number of nitrogens with zero attached hydrogens (tertiary/aromatic N) is 3. The molecule has 1 fully saturated rings. The lowest BCUT2D eigenvalue weighted by Crippen LogP contribution is -2.53. The Morgan fingerprint density at radius 3 is 2.43 bits per heavy atom. The Balaban J connectivity index is 1.50. The normalized spacial score (nSPS) is 16.7. The van der Waals surface area contributed by atoms with Crippen LogP contribution in [0.5, 0.6) is 0 Å². The van der Waals surface area contributed by atoms with Crippen molar-refractivity contribution in [1.29, 1.82) is 0 Å². The molecule has 1 aromatic heterocycles. The molecule has 5 N–H and O–H groups in total. The number of hydrazine groups is 1. The first-order chi connectivity index (χ1) is 22.5.